The van der Waals surface area contributed by atoms with Crippen LogP contribution in [0, 0.1) is 17.8 Å². The minimum atomic E-state index is -0.713. The summed E-state index contributed by atoms with van der Waals surface area (Å²) in [6.45, 7) is 2.99. The van der Waals surface area contributed by atoms with E-state index in [2.05, 4.69) is 61.5 Å². The maximum Gasteiger partial charge on any atom is 0.307 e. The number of aryl methyl sites for hydroxylation is 1. The number of benzene rings is 2. The summed E-state index contributed by atoms with van der Waals surface area (Å²) in [5, 5.41) is 20.6. The molecule has 4 N–H and O–H groups in total. The van der Waals surface area contributed by atoms with Crippen molar-refractivity contribution in [1.29, 1.82) is 0 Å². The van der Waals surface area contributed by atoms with Gasteiger partial charge in [0.15, 0.2) is 0 Å². The van der Waals surface area contributed by atoms with Crippen molar-refractivity contribution in [2.24, 2.45) is 23.5 Å². The molecular formula is C40H57NO3. The smallest absolute Gasteiger partial charge is 0.307 e. The van der Waals surface area contributed by atoms with Crippen LogP contribution >= 0.6 is 0 Å². The van der Waals surface area contributed by atoms with Crippen LogP contribution in [0.4, 0.5) is 0 Å². The summed E-state index contributed by atoms with van der Waals surface area (Å²) < 4.78 is 0. The summed E-state index contributed by atoms with van der Waals surface area (Å²) in [6.07, 6.45) is 25.4. The lowest BCUT2D eigenvalue weighted by molar-refractivity contribution is -0.141. The second-order valence-corrected chi connectivity index (χ2v) is 13.6. The number of phenolic OH excluding ortho intramolecular Hbond substituents is 1. The first-order chi connectivity index (χ1) is 21.5. The van der Waals surface area contributed by atoms with E-state index < -0.39 is 5.97 Å². The molecule has 2 aliphatic rings. The Hall–Kier alpha value is -2.85. The lowest BCUT2D eigenvalue weighted by atomic mass is 9.76. The van der Waals surface area contributed by atoms with E-state index in [-0.39, 0.29) is 5.92 Å². The molecule has 2 aromatic rings. The van der Waals surface area contributed by atoms with E-state index in [4.69, 9.17) is 5.73 Å². The highest BCUT2D eigenvalue weighted by atomic mass is 16.4. The van der Waals surface area contributed by atoms with Gasteiger partial charge >= 0.3 is 5.97 Å². The lowest BCUT2D eigenvalue weighted by Crippen LogP contribution is -2.18. The van der Waals surface area contributed by atoms with Crippen LogP contribution in [0.3, 0.4) is 0 Å². The first-order valence-corrected chi connectivity index (χ1v) is 17.6. The Morgan fingerprint density at radius 2 is 1.66 bits per heavy atom. The average molecular weight is 600 g/mol. The normalized spacial score (nSPS) is 22.3. The standard InChI is InChI=1S/C40H57NO3/c1-2-3-6-17-36-29-35(21-22-39(36)42)38-28-33-14-11-13-32(26-33)27-37(40(43)44)18-10-9-16-34(38)15-8-5-4-7-12-30-19-20-31(25-30)23-24-41/h9-11,13-14,21-22,25-26,29-30,34,37-38,42H,2-8,12,15-20,23-24,27-28,41H2,1H3,(H,43,44)/t30-,34+,37+,38?/m1/s1. The van der Waals surface area contributed by atoms with Crippen LogP contribution in [0.2, 0.25) is 0 Å². The summed E-state index contributed by atoms with van der Waals surface area (Å²) in [6, 6.07) is 15.0. The number of phenols is 1. The van der Waals surface area contributed by atoms with E-state index >= 15 is 0 Å². The quantitative estimate of drug-likeness (QED) is 0.141. The van der Waals surface area contributed by atoms with Crippen molar-refractivity contribution >= 4 is 5.97 Å². The van der Waals surface area contributed by atoms with Gasteiger partial charge in [-0.15, -0.1) is 0 Å². The minimum absolute atomic E-state index is 0.347. The number of fused-ring (bicyclic) bond motifs is 2. The Morgan fingerprint density at radius 3 is 2.43 bits per heavy atom. The molecule has 0 heterocycles. The molecule has 0 fully saturated rings. The Labute approximate surface area is 266 Å². The molecule has 4 atom stereocenters. The van der Waals surface area contributed by atoms with Crippen molar-refractivity contribution in [2.75, 3.05) is 6.54 Å². The van der Waals surface area contributed by atoms with Crippen LogP contribution in [0.25, 0.3) is 0 Å². The first kappa shape index (κ1) is 34.0. The van der Waals surface area contributed by atoms with E-state index in [1.807, 2.05) is 6.07 Å². The molecule has 1 unspecified atom stereocenters. The number of carboxylic acids is 1. The highest BCUT2D eigenvalue weighted by Crippen LogP contribution is 2.38. The maximum absolute atomic E-state index is 12.0. The molecule has 0 saturated carbocycles. The summed E-state index contributed by atoms with van der Waals surface area (Å²) in [4.78, 5) is 12.0. The lowest BCUT2D eigenvalue weighted by Gasteiger charge is -2.29. The van der Waals surface area contributed by atoms with Crippen LogP contribution in [-0.4, -0.2) is 22.7 Å². The zero-order chi connectivity index (χ0) is 31.1. The largest absolute Gasteiger partial charge is 0.508 e. The molecule has 4 rings (SSSR count). The van der Waals surface area contributed by atoms with Gasteiger partial charge in [0.1, 0.15) is 5.75 Å². The second kappa shape index (κ2) is 18.2. The summed E-state index contributed by atoms with van der Waals surface area (Å²) >= 11 is 0. The highest BCUT2D eigenvalue weighted by molar-refractivity contribution is 5.70. The van der Waals surface area contributed by atoms with E-state index in [0.717, 1.165) is 62.1 Å². The zero-order valence-corrected chi connectivity index (χ0v) is 27.2. The van der Waals surface area contributed by atoms with Gasteiger partial charge in [-0.2, -0.15) is 0 Å². The topological polar surface area (TPSA) is 83.5 Å². The maximum atomic E-state index is 12.0. The molecule has 0 radical (unpaired) electrons. The third-order valence-electron chi connectivity index (χ3n) is 10.1. The number of aliphatic carboxylic acids is 1. The van der Waals surface area contributed by atoms with Gasteiger partial charge in [0.25, 0.3) is 0 Å². The van der Waals surface area contributed by atoms with Gasteiger partial charge in [0.2, 0.25) is 0 Å². The molecule has 0 saturated heterocycles. The second-order valence-electron chi connectivity index (χ2n) is 13.6. The number of carboxylic acid groups (broad SMARTS) is 1. The van der Waals surface area contributed by atoms with Crippen molar-refractivity contribution in [3.05, 3.63) is 88.5 Å². The fourth-order valence-electron chi connectivity index (χ4n) is 7.53. The van der Waals surface area contributed by atoms with E-state index in [1.165, 1.54) is 68.9 Å². The summed E-state index contributed by atoms with van der Waals surface area (Å²) in [7, 11) is 0. The van der Waals surface area contributed by atoms with E-state index in [9.17, 15) is 15.0 Å². The van der Waals surface area contributed by atoms with Crippen LogP contribution in [0.5, 0.6) is 5.75 Å². The molecule has 2 aromatic carbocycles. The van der Waals surface area contributed by atoms with E-state index in [1.54, 1.807) is 5.57 Å². The van der Waals surface area contributed by atoms with Gasteiger partial charge in [0.05, 0.1) is 5.92 Å². The van der Waals surface area contributed by atoms with Gasteiger partial charge in [-0.25, -0.2) is 0 Å². The number of nitrogens with two attached hydrogens (primary N) is 1. The van der Waals surface area contributed by atoms with Crippen molar-refractivity contribution in [1.82, 2.24) is 0 Å². The Bertz CT molecular complexity index is 1230. The summed E-state index contributed by atoms with van der Waals surface area (Å²) in [5.41, 5.74) is 12.1. The predicted octanol–water partition coefficient (Wildman–Crippen LogP) is 9.69. The predicted molar refractivity (Wildman–Crippen MR) is 183 cm³/mol. The Kier molecular flexibility index (Phi) is 14.1. The first-order valence-electron chi connectivity index (χ1n) is 17.6. The van der Waals surface area contributed by atoms with Gasteiger partial charge in [-0.1, -0.05) is 106 Å². The Balaban J connectivity index is 1.49. The van der Waals surface area contributed by atoms with Crippen molar-refractivity contribution in [2.45, 2.75) is 122 Å². The molecule has 4 heteroatoms. The molecular weight excluding hydrogens is 542 g/mol. The molecule has 2 bridgehead atoms. The SMILES string of the molecule is CCCCCc1cc(C2Cc3cccc(c3)C[C@@H](C(=O)O)CC=CC[C@@H]2CCCCCC[C@H]2C=C(CCN)CC2)ccc1O. The van der Waals surface area contributed by atoms with Crippen LogP contribution in [0.1, 0.15) is 125 Å². The van der Waals surface area contributed by atoms with Gasteiger partial charge in [0, 0.05) is 0 Å². The van der Waals surface area contributed by atoms with Gasteiger partial charge in [-0.05, 0) is 123 Å². The van der Waals surface area contributed by atoms with Crippen LogP contribution < -0.4 is 5.73 Å². The molecule has 4 nitrogen and oxygen atoms in total. The molecule has 240 valence electrons. The third kappa shape index (κ3) is 10.6. The fraction of sp³-hybridized carbons (Fsp3) is 0.575. The molecule has 0 aromatic heterocycles. The van der Waals surface area contributed by atoms with Crippen LogP contribution in [-0.2, 0) is 24.1 Å². The van der Waals surface area contributed by atoms with Crippen molar-refractivity contribution in [3.8, 4) is 5.75 Å². The van der Waals surface area contributed by atoms with Crippen LogP contribution in [0.15, 0.2) is 66.3 Å². The minimum Gasteiger partial charge on any atom is -0.508 e. The summed E-state index contributed by atoms with van der Waals surface area (Å²) in [5.74, 6) is 0.878. The number of hydrogen-bond acceptors (Lipinski definition) is 3. The zero-order valence-electron chi connectivity index (χ0n) is 27.2. The van der Waals surface area contributed by atoms with Gasteiger partial charge < -0.3 is 15.9 Å². The highest BCUT2D eigenvalue weighted by Gasteiger charge is 2.25. The number of rotatable bonds is 15. The number of carbonyl (C=O) groups is 1. The molecule has 2 aliphatic carbocycles. The van der Waals surface area contributed by atoms with E-state index in [0.29, 0.717) is 30.4 Å². The van der Waals surface area contributed by atoms with Crippen molar-refractivity contribution in [3.63, 3.8) is 0 Å². The average Bonchev–Trinajstić information content (AvgIpc) is 3.46. The fourth-order valence-corrected chi connectivity index (χ4v) is 7.53. The number of allylic oxidation sites excluding steroid dienone is 3. The Morgan fingerprint density at radius 1 is 0.886 bits per heavy atom. The molecule has 0 amide bonds. The monoisotopic (exact) mass is 599 g/mol. The molecule has 0 aliphatic heterocycles. The number of unbranched alkanes of at least 4 members (excludes halogenated alkanes) is 5. The molecule has 0 spiro atoms. The van der Waals surface area contributed by atoms with Crippen molar-refractivity contribution < 1.29 is 15.0 Å². The molecule has 44 heavy (non-hydrogen) atoms. The third-order valence-corrected chi connectivity index (χ3v) is 10.1. The van der Waals surface area contributed by atoms with Gasteiger partial charge in [-0.3, -0.25) is 4.79 Å². The number of hydrogen-bond donors (Lipinski definition) is 3. The number of aromatic hydroxyl groups is 1.